The van der Waals surface area contributed by atoms with Crippen LogP contribution in [-0.4, -0.2) is 39.1 Å². The number of H-pyrrole nitrogens is 1. The molecule has 0 spiro atoms. The molecule has 1 amide bonds. The van der Waals surface area contributed by atoms with Gasteiger partial charge in [-0.3, -0.25) is 9.59 Å². The van der Waals surface area contributed by atoms with E-state index in [4.69, 9.17) is 0 Å². The zero-order chi connectivity index (χ0) is 11.0. The van der Waals surface area contributed by atoms with Gasteiger partial charge in [-0.25, -0.2) is 4.98 Å². The number of hydrogen-bond donors (Lipinski definition) is 1. The third-order valence-corrected chi connectivity index (χ3v) is 2.94. The SMILES string of the molecule is CC1C(=O)CCN1C(=O)c1ncc(Br)[nH]1. The summed E-state index contributed by atoms with van der Waals surface area (Å²) in [5.74, 6) is 0.149. The Morgan fingerprint density at radius 3 is 2.93 bits per heavy atom. The Balaban J connectivity index is 2.19. The number of nitrogens with zero attached hydrogens (tertiary/aromatic N) is 2. The number of carbonyl (C=O) groups excluding carboxylic acids is 2. The molecule has 1 aliphatic heterocycles. The Bertz CT molecular complexity index is 415. The van der Waals surface area contributed by atoms with Crippen LogP contribution in [0.5, 0.6) is 0 Å². The maximum Gasteiger partial charge on any atom is 0.290 e. The normalized spacial score (nSPS) is 21.1. The minimum absolute atomic E-state index is 0.106. The zero-order valence-electron chi connectivity index (χ0n) is 8.16. The maximum absolute atomic E-state index is 11.9. The van der Waals surface area contributed by atoms with E-state index >= 15 is 0 Å². The van der Waals surface area contributed by atoms with Crippen LogP contribution in [0.2, 0.25) is 0 Å². The van der Waals surface area contributed by atoms with Gasteiger partial charge in [-0.2, -0.15) is 0 Å². The van der Waals surface area contributed by atoms with Crippen molar-refractivity contribution in [3.8, 4) is 0 Å². The Labute approximate surface area is 95.0 Å². The molecule has 1 aromatic heterocycles. The molecule has 1 atom stereocenters. The zero-order valence-corrected chi connectivity index (χ0v) is 9.74. The van der Waals surface area contributed by atoms with Crippen LogP contribution in [0.3, 0.4) is 0 Å². The van der Waals surface area contributed by atoms with Crippen LogP contribution in [0.4, 0.5) is 0 Å². The van der Waals surface area contributed by atoms with Crippen molar-refractivity contribution < 1.29 is 9.59 Å². The molecule has 0 bridgehead atoms. The monoisotopic (exact) mass is 271 g/mol. The number of aromatic amines is 1. The molecule has 1 saturated heterocycles. The first kappa shape index (κ1) is 10.4. The highest BCUT2D eigenvalue weighted by Gasteiger charge is 2.33. The molecule has 1 fully saturated rings. The Kier molecular flexibility index (Phi) is 2.60. The van der Waals surface area contributed by atoms with Gasteiger partial charge in [0, 0.05) is 13.0 Å². The van der Waals surface area contributed by atoms with Gasteiger partial charge in [0.2, 0.25) is 0 Å². The first-order chi connectivity index (χ1) is 7.09. The van der Waals surface area contributed by atoms with Crippen LogP contribution < -0.4 is 0 Å². The van der Waals surface area contributed by atoms with E-state index in [1.807, 2.05) is 0 Å². The molecule has 0 aliphatic carbocycles. The van der Waals surface area contributed by atoms with E-state index < -0.39 is 0 Å². The van der Waals surface area contributed by atoms with E-state index in [2.05, 4.69) is 25.9 Å². The van der Waals surface area contributed by atoms with E-state index in [9.17, 15) is 9.59 Å². The molecule has 1 aromatic rings. The fourth-order valence-corrected chi connectivity index (χ4v) is 1.92. The molecule has 1 unspecified atom stereocenters. The largest absolute Gasteiger partial charge is 0.329 e. The lowest BCUT2D eigenvalue weighted by Crippen LogP contribution is -2.36. The van der Waals surface area contributed by atoms with Gasteiger partial charge >= 0.3 is 0 Å². The fourth-order valence-electron chi connectivity index (χ4n) is 1.63. The summed E-state index contributed by atoms with van der Waals surface area (Å²) in [6.07, 6.45) is 1.96. The first-order valence-corrected chi connectivity index (χ1v) is 5.43. The molecule has 5 nitrogen and oxygen atoms in total. The van der Waals surface area contributed by atoms with E-state index in [1.54, 1.807) is 6.92 Å². The number of amides is 1. The number of aromatic nitrogens is 2. The number of rotatable bonds is 1. The summed E-state index contributed by atoms with van der Waals surface area (Å²) in [5, 5.41) is 0. The minimum Gasteiger partial charge on any atom is -0.329 e. The molecule has 0 aromatic carbocycles. The predicted octanol–water partition coefficient (Wildman–Crippen LogP) is 0.976. The second kappa shape index (κ2) is 3.77. The molecule has 2 heterocycles. The highest BCUT2D eigenvalue weighted by Crippen LogP contribution is 2.16. The number of imidazole rings is 1. The van der Waals surface area contributed by atoms with E-state index in [0.717, 1.165) is 0 Å². The van der Waals surface area contributed by atoms with E-state index in [1.165, 1.54) is 11.1 Å². The Morgan fingerprint density at radius 1 is 1.73 bits per heavy atom. The van der Waals surface area contributed by atoms with Gasteiger partial charge in [-0.1, -0.05) is 0 Å². The molecular weight excluding hydrogens is 262 g/mol. The van der Waals surface area contributed by atoms with Gasteiger partial charge in [0.15, 0.2) is 11.6 Å². The van der Waals surface area contributed by atoms with Crippen molar-refractivity contribution in [1.29, 1.82) is 0 Å². The first-order valence-electron chi connectivity index (χ1n) is 4.64. The summed E-state index contributed by atoms with van der Waals surface area (Å²) in [6, 6.07) is -0.332. The van der Waals surface area contributed by atoms with Crippen LogP contribution >= 0.6 is 15.9 Å². The fraction of sp³-hybridized carbons (Fsp3) is 0.444. The number of hydrogen-bond acceptors (Lipinski definition) is 3. The quantitative estimate of drug-likeness (QED) is 0.828. The summed E-state index contributed by atoms with van der Waals surface area (Å²) < 4.78 is 0.657. The second-order valence-corrected chi connectivity index (χ2v) is 4.32. The number of carbonyl (C=O) groups is 2. The molecule has 1 aliphatic rings. The van der Waals surface area contributed by atoms with Crippen molar-refractivity contribution >= 4 is 27.6 Å². The second-order valence-electron chi connectivity index (χ2n) is 3.47. The molecule has 15 heavy (non-hydrogen) atoms. The van der Waals surface area contributed by atoms with Crippen LogP contribution in [0.15, 0.2) is 10.8 Å². The van der Waals surface area contributed by atoms with Crippen molar-refractivity contribution in [2.24, 2.45) is 0 Å². The molecule has 2 rings (SSSR count). The average molecular weight is 272 g/mol. The van der Waals surface area contributed by atoms with Crippen LogP contribution in [0.1, 0.15) is 24.0 Å². The standard InChI is InChI=1S/C9H10BrN3O2/c1-5-6(14)2-3-13(5)9(15)8-11-4-7(10)12-8/h4-5H,2-3H2,1H3,(H,11,12). The lowest BCUT2D eigenvalue weighted by Gasteiger charge is -2.18. The number of ketones is 1. The third-order valence-electron chi connectivity index (χ3n) is 2.54. The number of likely N-dealkylation sites (tertiary alicyclic amines) is 1. The molecule has 80 valence electrons. The maximum atomic E-state index is 11.9. The highest BCUT2D eigenvalue weighted by atomic mass is 79.9. The summed E-state index contributed by atoms with van der Waals surface area (Å²) in [5.41, 5.74) is 0. The van der Waals surface area contributed by atoms with Gasteiger partial charge in [-0.15, -0.1) is 0 Å². The lowest BCUT2D eigenvalue weighted by atomic mass is 10.2. The Hall–Kier alpha value is -1.17. The van der Waals surface area contributed by atoms with Gasteiger partial charge in [0.05, 0.1) is 12.2 Å². The smallest absolute Gasteiger partial charge is 0.290 e. The third kappa shape index (κ3) is 1.81. The van der Waals surface area contributed by atoms with Crippen LogP contribution in [0.25, 0.3) is 0 Å². The summed E-state index contributed by atoms with van der Waals surface area (Å²) in [6.45, 7) is 2.22. The molecular formula is C9H10BrN3O2. The van der Waals surface area contributed by atoms with E-state index in [0.29, 0.717) is 17.6 Å². The lowest BCUT2D eigenvalue weighted by molar-refractivity contribution is -0.119. The van der Waals surface area contributed by atoms with Crippen molar-refractivity contribution in [2.75, 3.05) is 6.54 Å². The van der Waals surface area contributed by atoms with Crippen molar-refractivity contribution in [1.82, 2.24) is 14.9 Å². The van der Waals surface area contributed by atoms with Crippen molar-refractivity contribution in [3.63, 3.8) is 0 Å². The van der Waals surface area contributed by atoms with Gasteiger partial charge in [0.25, 0.3) is 5.91 Å². The highest BCUT2D eigenvalue weighted by molar-refractivity contribution is 9.10. The number of nitrogens with one attached hydrogen (secondary N) is 1. The number of halogens is 1. The predicted molar refractivity (Wildman–Crippen MR) is 56.4 cm³/mol. The van der Waals surface area contributed by atoms with Gasteiger partial charge in [0.1, 0.15) is 4.60 Å². The van der Waals surface area contributed by atoms with E-state index in [-0.39, 0.29) is 23.6 Å². The summed E-state index contributed by atoms with van der Waals surface area (Å²) in [7, 11) is 0. The molecule has 1 N–H and O–H groups in total. The van der Waals surface area contributed by atoms with Crippen LogP contribution in [0, 0.1) is 0 Å². The Morgan fingerprint density at radius 2 is 2.47 bits per heavy atom. The van der Waals surface area contributed by atoms with Crippen LogP contribution in [-0.2, 0) is 4.79 Å². The summed E-state index contributed by atoms with van der Waals surface area (Å²) in [4.78, 5) is 31.4. The topological polar surface area (TPSA) is 66.1 Å². The van der Waals surface area contributed by atoms with Crippen molar-refractivity contribution in [2.45, 2.75) is 19.4 Å². The molecule has 6 heteroatoms. The van der Waals surface area contributed by atoms with Crippen molar-refractivity contribution in [3.05, 3.63) is 16.6 Å². The molecule has 0 saturated carbocycles. The average Bonchev–Trinajstić information content (AvgIpc) is 2.75. The molecule has 0 radical (unpaired) electrons. The number of Topliss-reactive ketones (excluding diaryl/α,β-unsaturated/α-hetero) is 1. The summed E-state index contributed by atoms with van der Waals surface area (Å²) >= 11 is 3.18. The van der Waals surface area contributed by atoms with Gasteiger partial charge in [-0.05, 0) is 22.9 Å². The van der Waals surface area contributed by atoms with Gasteiger partial charge < -0.3 is 9.88 Å². The minimum atomic E-state index is -0.332.